The van der Waals surface area contributed by atoms with Gasteiger partial charge in [0.1, 0.15) is 13.7 Å². The number of nitrogens with one attached hydrogen (secondary N) is 1. The number of carbonyl (C=O) groups is 2. The summed E-state index contributed by atoms with van der Waals surface area (Å²) in [6.07, 6.45) is -0.628. The molecule has 1 aromatic carbocycles. The number of aromatic carboxylic acids is 1. The number of amides is 1. The number of rotatable bonds is 2. The molecule has 0 spiro atoms. The van der Waals surface area contributed by atoms with Gasteiger partial charge in [-0.2, -0.15) is 0 Å². The lowest BCUT2D eigenvalue weighted by Crippen LogP contribution is -2.27. The number of carboxylic acids is 1. The summed E-state index contributed by atoms with van der Waals surface area (Å²) < 4.78 is 5.22. The number of ether oxygens (including phenoxy) is 1. The maximum Gasteiger partial charge on any atom is 0.412 e. The number of hydrogen-bond acceptors (Lipinski definition) is 3. The molecule has 1 aromatic rings. The zero-order chi connectivity index (χ0) is 18.7. The van der Waals surface area contributed by atoms with E-state index < -0.39 is 25.7 Å². The minimum absolute atomic E-state index is 0.0755. The Labute approximate surface area is 144 Å². The van der Waals surface area contributed by atoms with Gasteiger partial charge < -0.3 is 9.84 Å². The molecule has 0 aliphatic carbocycles. The highest BCUT2D eigenvalue weighted by atomic mass is 28.3. The van der Waals surface area contributed by atoms with Gasteiger partial charge in [-0.1, -0.05) is 25.6 Å². The summed E-state index contributed by atoms with van der Waals surface area (Å²) >= 11 is 0. The highest BCUT2D eigenvalue weighted by Crippen LogP contribution is 2.23. The number of anilines is 1. The quantitative estimate of drug-likeness (QED) is 0.619. The van der Waals surface area contributed by atoms with Gasteiger partial charge >= 0.3 is 12.1 Å². The predicted octanol–water partition coefficient (Wildman–Crippen LogP) is 4.27. The van der Waals surface area contributed by atoms with Crippen LogP contribution in [0.25, 0.3) is 0 Å². The van der Waals surface area contributed by atoms with Crippen LogP contribution in [0.1, 0.15) is 42.3 Å². The van der Waals surface area contributed by atoms with E-state index in [1.165, 1.54) is 12.1 Å². The Morgan fingerprint density at radius 3 is 2.25 bits per heavy atom. The van der Waals surface area contributed by atoms with Crippen LogP contribution in [0.5, 0.6) is 0 Å². The van der Waals surface area contributed by atoms with E-state index in [2.05, 4.69) is 36.4 Å². The second kappa shape index (κ2) is 7.10. The molecule has 0 fully saturated rings. The molecule has 0 bridgehead atoms. The third-order valence-corrected chi connectivity index (χ3v) is 3.74. The molecule has 2 N–H and O–H groups in total. The number of hydrogen-bond donors (Lipinski definition) is 2. The highest BCUT2D eigenvalue weighted by molar-refractivity contribution is 6.83. The molecule has 0 aliphatic heterocycles. The monoisotopic (exact) mass is 347 g/mol. The van der Waals surface area contributed by atoms with Gasteiger partial charge in [0.15, 0.2) is 0 Å². The summed E-state index contributed by atoms with van der Waals surface area (Å²) in [6.45, 7) is 13.4. The van der Waals surface area contributed by atoms with Gasteiger partial charge in [0, 0.05) is 11.3 Å². The van der Waals surface area contributed by atoms with Gasteiger partial charge in [-0.3, -0.25) is 5.32 Å². The molecule has 0 saturated heterocycles. The Morgan fingerprint density at radius 2 is 1.79 bits per heavy atom. The fourth-order valence-corrected chi connectivity index (χ4v) is 2.28. The van der Waals surface area contributed by atoms with Crippen molar-refractivity contribution in [2.45, 2.75) is 52.9 Å². The first-order chi connectivity index (χ1) is 10.8. The summed E-state index contributed by atoms with van der Waals surface area (Å²) in [5.41, 5.74) is 4.37. The average Bonchev–Trinajstić information content (AvgIpc) is 2.36. The van der Waals surface area contributed by atoms with Crippen LogP contribution < -0.4 is 5.32 Å². The van der Waals surface area contributed by atoms with E-state index in [0.29, 0.717) is 11.3 Å². The van der Waals surface area contributed by atoms with E-state index in [4.69, 9.17) is 4.74 Å². The standard InChI is InChI=1S/C18H25NO4Si/c1-12-13(8-9-24(5,6)7)10-14(16(20)21)11-15(12)19-17(22)23-18(2,3)4/h10-11H,1-7H3,(H,19,22)(H,20,21). The lowest BCUT2D eigenvalue weighted by Gasteiger charge is -2.20. The predicted molar refractivity (Wildman–Crippen MR) is 98.2 cm³/mol. The molecule has 130 valence electrons. The first-order valence-electron chi connectivity index (χ1n) is 7.69. The largest absolute Gasteiger partial charge is 0.478 e. The van der Waals surface area contributed by atoms with E-state index in [1.54, 1.807) is 27.7 Å². The Kier molecular flexibility index (Phi) is 5.85. The molecule has 24 heavy (non-hydrogen) atoms. The van der Waals surface area contributed by atoms with Crippen LogP contribution in [0.2, 0.25) is 19.6 Å². The van der Waals surface area contributed by atoms with Crippen molar-refractivity contribution in [2.24, 2.45) is 0 Å². The van der Waals surface area contributed by atoms with Crippen LogP contribution in [0, 0.1) is 18.4 Å². The third kappa shape index (κ3) is 6.47. The normalized spacial score (nSPS) is 11.3. The molecule has 5 nitrogen and oxygen atoms in total. The zero-order valence-electron chi connectivity index (χ0n) is 15.3. The van der Waals surface area contributed by atoms with Crippen LogP contribution in [0.15, 0.2) is 12.1 Å². The third-order valence-electron chi connectivity index (χ3n) is 2.86. The molecular weight excluding hydrogens is 322 g/mol. The van der Waals surface area contributed by atoms with Crippen LogP contribution in [-0.2, 0) is 4.74 Å². The van der Waals surface area contributed by atoms with Crippen molar-refractivity contribution in [3.63, 3.8) is 0 Å². The number of carboxylic acid groups (broad SMARTS) is 1. The van der Waals surface area contributed by atoms with Crippen molar-refractivity contribution in [1.29, 1.82) is 0 Å². The zero-order valence-corrected chi connectivity index (χ0v) is 16.3. The summed E-state index contributed by atoms with van der Waals surface area (Å²) in [5.74, 6) is 2.00. The SMILES string of the molecule is Cc1c(C#C[Si](C)(C)C)cc(C(=O)O)cc1NC(=O)OC(C)(C)C. The van der Waals surface area contributed by atoms with Crippen molar-refractivity contribution in [2.75, 3.05) is 5.32 Å². The topological polar surface area (TPSA) is 75.6 Å². The van der Waals surface area contributed by atoms with Crippen molar-refractivity contribution >= 4 is 25.8 Å². The summed E-state index contributed by atoms with van der Waals surface area (Å²) in [4.78, 5) is 23.3. The van der Waals surface area contributed by atoms with Gasteiger partial charge in [0.25, 0.3) is 0 Å². The van der Waals surface area contributed by atoms with E-state index in [0.717, 1.165) is 5.56 Å². The Morgan fingerprint density at radius 1 is 1.21 bits per heavy atom. The molecular formula is C18H25NO4Si. The lowest BCUT2D eigenvalue weighted by molar-refractivity contribution is 0.0632. The smallest absolute Gasteiger partial charge is 0.412 e. The summed E-state index contributed by atoms with van der Waals surface area (Å²) in [6, 6.07) is 2.95. The molecule has 0 radical (unpaired) electrons. The van der Waals surface area contributed by atoms with Crippen molar-refractivity contribution in [3.05, 3.63) is 28.8 Å². The highest BCUT2D eigenvalue weighted by Gasteiger charge is 2.18. The minimum atomic E-state index is -1.61. The van der Waals surface area contributed by atoms with Crippen molar-refractivity contribution < 1.29 is 19.4 Å². The first-order valence-corrected chi connectivity index (χ1v) is 11.2. The Balaban J connectivity index is 3.29. The van der Waals surface area contributed by atoms with Gasteiger partial charge in [-0.05, 0) is 45.4 Å². The summed E-state index contributed by atoms with van der Waals surface area (Å²) in [5, 5.41) is 11.9. The molecule has 0 aromatic heterocycles. The van der Waals surface area contributed by atoms with Crippen molar-refractivity contribution in [1.82, 2.24) is 0 Å². The fourth-order valence-electron chi connectivity index (χ4n) is 1.77. The van der Waals surface area contributed by atoms with E-state index >= 15 is 0 Å². The second-order valence-electron chi connectivity index (χ2n) is 7.63. The first kappa shape index (κ1) is 19.8. The van der Waals surface area contributed by atoms with Crippen molar-refractivity contribution in [3.8, 4) is 11.5 Å². The maximum atomic E-state index is 12.0. The van der Waals surface area contributed by atoms with Crippen LogP contribution >= 0.6 is 0 Å². The van der Waals surface area contributed by atoms with E-state index in [1.807, 2.05) is 0 Å². The Hall–Kier alpha value is -2.26. The lowest BCUT2D eigenvalue weighted by atomic mass is 10.0. The molecule has 0 atom stereocenters. The second-order valence-corrected chi connectivity index (χ2v) is 12.4. The van der Waals surface area contributed by atoms with Crippen LogP contribution in [-0.4, -0.2) is 30.8 Å². The van der Waals surface area contributed by atoms with Gasteiger partial charge in [-0.15, -0.1) is 5.54 Å². The van der Waals surface area contributed by atoms with Gasteiger partial charge in [-0.25, -0.2) is 9.59 Å². The van der Waals surface area contributed by atoms with Gasteiger partial charge in [0.2, 0.25) is 0 Å². The molecule has 0 saturated carbocycles. The summed E-state index contributed by atoms with van der Waals surface area (Å²) in [7, 11) is -1.61. The van der Waals surface area contributed by atoms with E-state index in [-0.39, 0.29) is 5.56 Å². The van der Waals surface area contributed by atoms with Gasteiger partial charge in [0.05, 0.1) is 5.56 Å². The average molecular weight is 347 g/mol. The number of carbonyl (C=O) groups excluding carboxylic acids is 1. The van der Waals surface area contributed by atoms with Crippen LogP contribution in [0.4, 0.5) is 10.5 Å². The van der Waals surface area contributed by atoms with Crippen LogP contribution in [0.3, 0.4) is 0 Å². The molecule has 1 amide bonds. The number of benzene rings is 1. The fraction of sp³-hybridized carbons (Fsp3) is 0.444. The molecule has 0 unspecified atom stereocenters. The molecule has 0 heterocycles. The maximum absolute atomic E-state index is 12.0. The molecule has 0 aliphatic rings. The molecule has 1 rings (SSSR count). The van der Waals surface area contributed by atoms with E-state index in [9.17, 15) is 14.7 Å². The minimum Gasteiger partial charge on any atom is -0.478 e. The Bertz CT molecular complexity index is 715. The molecule has 6 heteroatoms.